The molecule has 0 radical (unpaired) electrons. The van der Waals surface area contributed by atoms with Gasteiger partial charge < -0.3 is 10.5 Å². The quantitative estimate of drug-likeness (QED) is 0.817. The number of hydrogen-bond donors (Lipinski definition) is 1. The molecule has 0 heterocycles. The number of nitrogens with two attached hydrogens (primary N) is 1. The van der Waals surface area contributed by atoms with E-state index in [0.717, 1.165) is 18.5 Å². The molecule has 0 aliphatic carbocycles. The summed E-state index contributed by atoms with van der Waals surface area (Å²) in [4.78, 5) is 2.18. The van der Waals surface area contributed by atoms with Crippen molar-refractivity contribution in [2.75, 3.05) is 20.1 Å². The summed E-state index contributed by atoms with van der Waals surface area (Å²) in [6.45, 7) is 0.866. The third kappa shape index (κ3) is 4.58. The molecule has 0 aliphatic rings. The van der Waals surface area contributed by atoms with Gasteiger partial charge in [-0.2, -0.15) is 8.78 Å². The first-order valence-corrected chi connectivity index (χ1v) is 5.99. The van der Waals surface area contributed by atoms with Gasteiger partial charge in [0.1, 0.15) is 5.75 Å². The Hall–Kier alpha value is -1.20. The number of ether oxygens (including phenoxy) is 1. The highest BCUT2D eigenvalue weighted by molar-refractivity contribution is 5.28. The van der Waals surface area contributed by atoms with Crippen molar-refractivity contribution >= 4 is 0 Å². The van der Waals surface area contributed by atoms with Crippen molar-refractivity contribution in [2.45, 2.75) is 26.0 Å². The first kappa shape index (κ1) is 14.9. The summed E-state index contributed by atoms with van der Waals surface area (Å²) in [6, 6.07) is 6.96. The van der Waals surface area contributed by atoms with Crippen LogP contribution >= 0.6 is 0 Å². The zero-order chi connectivity index (χ0) is 13.5. The molecule has 1 aromatic carbocycles. The fraction of sp³-hybridized carbons (Fsp3) is 0.538. The van der Waals surface area contributed by atoms with E-state index in [9.17, 15) is 8.78 Å². The Morgan fingerprint density at radius 1 is 1.28 bits per heavy atom. The minimum atomic E-state index is -2.78. The SMILES string of the molecule is CC(c1ccc(OC(F)F)cc1)N(C)CCCN. The van der Waals surface area contributed by atoms with Crippen molar-refractivity contribution in [3.05, 3.63) is 29.8 Å². The third-order valence-electron chi connectivity index (χ3n) is 2.96. The number of hydrogen-bond acceptors (Lipinski definition) is 3. The molecule has 1 unspecified atom stereocenters. The minimum absolute atomic E-state index is 0.186. The molecule has 5 heteroatoms. The monoisotopic (exact) mass is 258 g/mol. The highest BCUT2D eigenvalue weighted by Gasteiger charge is 2.11. The van der Waals surface area contributed by atoms with E-state index in [1.54, 1.807) is 24.3 Å². The maximum Gasteiger partial charge on any atom is 0.387 e. The van der Waals surface area contributed by atoms with Gasteiger partial charge in [-0.1, -0.05) is 12.1 Å². The molecule has 0 fully saturated rings. The smallest absolute Gasteiger partial charge is 0.387 e. The Bertz CT molecular complexity index is 343. The average molecular weight is 258 g/mol. The lowest BCUT2D eigenvalue weighted by Gasteiger charge is -2.25. The van der Waals surface area contributed by atoms with Crippen LogP contribution in [0.2, 0.25) is 0 Å². The number of nitrogens with zero attached hydrogens (tertiary/aromatic N) is 1. The van der Waals surface area contributed by atoms with Gasteiger partial charge in [-0.25, -0.2) is 0 Å². The maximum absolute atomic E-state index is 12.0. The van der Waals surface area contributed by atoms with Gasteiger partial charge in [-0.05, 0) is 51.2 Å². The molecule has 0 aliphatic heterocycles. The normalized spacial score (nSPS) is 13.1. The molecule has 0 aromatic heterocycles. The second kappa shape index (κ2) is 7.28. The Kier molecular flexibility index (Phi) is 6.01. The molecule has 1 aromatic rings. The van der Waals surface area contributed by atoms with Crippen LogP contribution in [0, 0.1) is 0 Å². The van der Waals surface area contributed by atoms with Gasteiger partial charge in [0, 0.05) is 6.04 Å². The summed E-state index contributed by atoms with van der Waals surface area (Å²) in [5.41, 5.74) is 6.53. The van der Waals surface area contributed by atoms with Crippen molar-refractivity contribution in [3.63, 3.8) is 0 Å². The van der Waals surface area contributed by atoms with Gasteiger partial charge in [0.2, 0.25) is 0 Å². The summed E-state index contributed by atoms with van der Waals surface area (Å²) < 4.78 is 28.3. The van der Waals surface area contributed by atoms with Crippen LogP contribution in [0.1, 0.15) is 24.9 Å². The standard InChI is InChI=1S/C13H20F2N2O/c1-10(17(2)9-3-8-16)11-4-6-12(7-5-11)18-13(14)15/h4-7,10,13H,3,8-9,16H2,1-2H3. The molecule has 1 rings (SSSR count). The topological polar surface area (TPSA) is 38.5 Å². The number of rotatable bonds is 7. The average Bonchev–Trinajstić information content (AvgIpc) is 2.35. The highest BCUT2D eigenvalue weighted by atomic mass is 19.3. The van der Waals surface area contributed by atoms with E-state index in [1.165, 1.54) is 0 Å². The van der Waals surface area contributed by atoms with Crippen molar-refractivity contribution in [1.29, 1.82) is 0 Å². The van der Waals surface area contributed by atoms with Crippen LogP contribution in [0.5, 0.6) is 5.75 Å². The van der Waals surface area contributed by atoms with Crippen LogP contribution in [0.15, 0.2) is 24.3 Å². The predicted molar refractivity (Wildman–Crippen MR) is 67.8 cm³/mol. The lowest BCUT2D eigenvalue weighted by atomic mass is 10.1. The molecule has 2 N–H and O–H groups in total. The lowest BCUT2D eigenvalue weighted by molar-refractivity contribution is -0.0498. The summed E-state index contributed by atoms with van der Waals surface area (Å²) in [7, 11) is 2.02. The lowest BCUT2D eigenvalue weighted by Crippen LogP contribution is -2.25. The van der Waals surface area contributed by atoms with Crippen molar-refractivity contribution in [3.8, 4) is 5.75 Å². The Morgan fingerprint density at radius 3 is 2.39 bits per heavy atom. The van der Waals surface area contributed by atoms with Crippen LogP contribution in [0.25, 0.3) is 0 Å². The summed E-state index contributed by atoms with van der Waals surface area (Å²) in [5.74, 6) is 0.186. The number of benzene rings is 1. The van der Waals surface area contributed by atoms with Gasteiger partial charge in [0.05, 0.1) is 0 Å². The van der Waals surface area contributed by atoms with Crippen LogP contribution in [0.3, 0.4) is 0 Å². The number of alkyl halides is 2. The summed E-state index contributed by atoms with van der Waals surface area (Å²) >= 11 is 0. The van der Waals surface area contributed by atoms with Crippen molar-refractivity contribution < 1.29 is 13.5 Å². The van der Waals surface area contributed by atoms with E-state index in [0.29, 0.717) is 6.54 Å². The maximum atomic E-state index is 12.0. The second-order valence-electron chi connectivity index (χ2n) is 4.25. The second-order valence-corrected chi connectivity index (χ2v) is 4.25. The van der Waals surface area contributed by atoms with Crippen molar-refractivity contribution in [1.82, 2.24) is 4.90 Å². The van der Waals surface area contributed by atoms with Crippen LogP contribution in [0.4, 0.5) is 8.78 Å². The van der Waals surface area contributed by atoms with E-state index >= 15 is 0 Å². The molecular weight excluding hydrogens is 238 g/mol. The van der Waals surface area contributed by atoms with Crippen molar-refractivity contribution in [2.24, 2.45) is 5.73 Å². The molecule has 0 saturated carbocycles. The first-order chi connectivity index (χ1) is 8.54. The van der Waals surface area contributed by atoms with Crippen LogP contribution in [-0.2, 0) is 0 Å². The first-order valence-electron chi connectivity index (χ1n) is 5.99. The fourth-order valence-corrected chi connectivity index (χ4v) is 1.72. The Balaban J connectivity index is 2.60. The molecule has 3 nitrogen and oxygen atoms in total. The molecular formula is C13H20F2N2O. The molecule has 18 heavy (non-hydrogen) atoms. The van der Waals surface area contributed by atoms with Crippen LogP contribution in [-0.4, -0.2) is 31.6 Å². The molecule has 1 atom stereocenters. The molecule has 0 amide bonds. The molecule has 0 bridgehead atoms. The van der Waals surface area contributed by atoms with Crippen LogP contribution < -0.4 is 10.5 Å². The molecule has 102 valence electrons. The zero-order valence-corrected chi connectivity index (χ0v) is 10.8. The summed E-state index contributed by atoms with van der Waals surface area (Å²) in [6.07, 6.45) is 0.938. The molecule has 0 spiro atoms. The van der Waals surface area contributed by atoms with Gasteiger partial charge in [0.15, 0.2) is 0 Å². The number of halogens is 2. The highest BCUT2D eigenvalue weighted by Crippen LogP contribution is 2.22. The predicted octanol–water partition coefficient (Wildman–Crippen LogP) is 2.63. The van der Waals surface area contributed by atoms with E-state index in [4.69, 9.17) is 5.73 Å². The van der Waals surface area contributed by atoms with Gasteiger partial charge in [-0.15, -0.1) is 0 Å². The largest absolute Gasteiger partial charge is 0.435 e. The Morgan fingerprint density at radius 2 is 1.89 bits per heavy atom. The van der Waals surface area contributed by atoms with Gasteiger partial charge >= 0.3 is 6.61 Å². The van der Waals surface area contributed by atoms with E-state index in [2.05, 4.69) is 16.6 Å². The van der Waals surface area contributed by atoms with Gasteiger partial charge in [0.25, 0.3) is 0 Å². The minimum Gasteiger partial charge on any atom is -0.435 e. The fourth-order valence-electron chi connectivity index (χ4n) is 1.72. The summed E-state index contributed by atoms with van der Waals surface area (Å²) in [5, 5.41) is 0. The van der Waals surface area contributed by atoms with E-state index in [-0.39, 0.29) is 11.8 Å². The molecule has 0 saturated heterocycles. The van der Waals surface area contributed by atoms with E-state index in [1.807, 2.05) is 7.05 Å². The third-order valence-corrected chi connectivity index (χ3v) is 2.96. The van der Waals surface area contributed by atoms with Gasteiger partial charge in [-0.3, -0.25) is 4.90 Å². The zero-order valence-electron chi connectivity index (χ0n) is 10.8. The Labute approximate surface area is 107 Å². The van der Waals surface area contributed by atoms with E-state index < -0.39 is 6.61 Å².